The van der Waals surface area contributed by atoms with E-state index in [1.165, 1.54) is 25.7 Å². The molecule has 1 saturated carbocycles. The molecule has 5 heteroatoms. The Balaban J connectivity index is 1.53. The Morgan fingerprint density at radius 3 is 1.90 bits per heavy atom. The van der Waals surface area contributed by atoms with E-state index in [1.807, 2.05) is 0 Å². The van der Waals surface area contributed by atoms with E-state index in [0.717, 1.165) is 0 Å². The lowest BCUT2D eigenvalue weighted by Gasteiger charge is -2.42. The first kappa shape index (κ1) is 14.6. The van der Waals surface area contributed by atoms with Crippen molar-refractivity contribution in [3.63, 3.8) is 0 Å². The molecule has 0 aromatic carbocycles. The van der Waals surface area contributed by atoms with Crippen LogP contribution in [0.2, 0.25) is 0 Å². The van der Waals surface area contributed by atoms with Gasteiger partial charge in [0.15, 0.2) is 0 Å². The molecule has 2 heterocycles. The van der Waals surface area contributed by atoms with Gasteiger partial charge < -0.3 is 10.2 Å². The van der Waals surface area contributed by atoms with Crippen molar-refractivity contribution in [2.75, 3.05) is 7.05 Å². The Labute approximate surface area is 119 Å². The van der Waals surface area contributed by atoms with E-state index in [-0.39, 0.29) is 0 Å². The summed E-state index contributed by atoms with van der Waals surface area (Å²) in [7, 11) is 2.13. The van der Waals surface area contributed by atoms with E-state index >= 15 is 0 Å². The zero-order valence-corrected chi connectivity index (χ0v) is 12.1. The van der Waals surface area contributed by atoms with Gasteiger partial charge in [-0.3, -0.25) is 0 Å². The second-order valence-corrected chi connectivity index (χ2v) is 6.98. The summed E-state index contributed by atoms with van der Waals surface area (Å²) >= 11 is 0. The molecule has 2 atom stereocenters. The van der Waals surface area contributed by atoms with Gasteiger partial charge >= 0.3 is 6.18 Å². The van der Waals surface area contributed by atoms with Gasteiger partial charge in [0.1, 0.15) is 0 Å². The third-order valence-electron chi connectivity index (χ3n) is 5.76. The van der Waals surface area contributed by atoms with Crippen molar-refractivity contribution in [3.05, 3.63) is 0 Å². The van der Waals surface area contributed by atoms with Crippen LogP contribution in [-0.4, -0.2) is 42.3 Å². The van der Waals surface area contributed by atoms with Crippen LogP contribution in [0.5, 0.6) is 0 Å². The average molecular weight is 290 g/mol. The van der Waals surface area contributed by atoms with Crippen LogP contribution in [0, 0.1) is 5.92 Å². The minimum Gasteiger partial charge on any atom is -0.311 e. The maximum absolute atomic E-state index is 12.7. The number of alkyl halides is 3. The summed E-state index contributed by atoms with van der Waals surface area (Å²) in [6, 6.07) is 2.22. The summed E-state index contributed by atoms with van der Waals surface area (Å²) in [5.41, 5.74) is 0. The minimum absolute atomic E-state index is 0.316. The van der Waals surface area contributed by atoms with Crippen molar-refractivity contribution in [1.29, 1.82) is 0 Å². The first-order valence-corrected chi connectivity index (χ1v) is 7.98. The van der Waals surface area contributed by atoms with Gasteiger partial charge in [0, 0.05) is 24.2 Å². The summed E-state index contributed by atoms with van der Waals surface area (Å²) in [5.74, 6) is -1.06. The molecule has 2 saturated heterocycles. The molecule has 0 amide bonds. The smallest absolute Gasteiger partial charge is 0.311 e. The number of nitrogens with one attached hydrogen (secondary N) is 1. The van der Waals surface area contributed by atoms with Crippen LogP contribution in [0.4, 0.5) is 13.2 Å². The number of piperidine rings is 1. The highest BCUT2D eigenvalue weighted by Gasteiger charge is 2.43. The maximum atomic E-state index is 12.7. The van der Waals surface area contributed by atoms with Gasteiger partial charge in [-0.25, -0.2) is 0 Å². The molecule has 1 N–H and O–H groups in total. The number of hydrogen-bond donors (Lipinski definition) is 1. The van der Waals surface area contributed by atoms with Crippen LogP contribution >= 0.6 is 0 Å². The molecule has 3 aliphatic rings. The predicted octanol–water partition coefficient (Wildman–Crippen LogP) is 3.32. The van der Waals surface area contributed by atoms with E-state index in [4.69, 9.17) is 0 Å². The Morgan fingerprint density at radius 1 is 0.850 bits per heavy atom. The van der Waals surface area contributed by atoms with Gasteiger partial charge in [-0.15, -0.1) is 0 Å². The van der Waals surface area contributed by atoms with Gasteiger partial charge in [-0.1, -0.05) is 0 Å². The zero-order chi connectivity index (χ0) is 14.3. The molecule has 116 valence electrons. The average Bonchev–Trinajstić information content (AvgIpc) is 2.76. The second kappa shape index (κ2) is 5.48. The fraction of sp³-hybridized carbons (Fsp3) is 1.00. The highest BCUT2D eigenvalue weighted by atomic mass is 19.4. The molecular formula is C15H25F3N2. The molecule has 0 spiro atoms. The lowest BCUT2D eigenvalue weighted by molar-refractivity contribution is -0.184. The van der Waals surface area contributed by atoms with Gasteiger partial charge in [-0.05, 0) is 58.4 Å². The SMILES string of the molecule is CN(C1CCC(C(F)(F)F)CC1)C1CC2CCC(C1)N2. The van der Waals surface area contributed by atoms with Crippen molar-refractivity contribution in [2.45, 2.75) is 81.7 Å². The maximum Gasteiger partial charge on any atom is 0.391 e. The number of halogens is 3. The van der Waals surface area contributed by atoms with E-state index in [2.05, 4.69) is 17.3 Å². The highest BCUT2D eigenvalue weighted by Crippen LogP contribution is 2.40. The van der Waals surface area contributed by atoms with Gasteiger partial charge in [-0.2, -0.15) is 13.2 Å². The number of fused-ring (bicyclic) bond motifs is 2. The largest absolute Gasteiger partial charge is 0.391 e. The summed E-state index contributed by atoms with van der Waals surface area (Å²) in [4.78, 5) is 2.40. The molecule has 2 bridgehead atoms. The van der Waals surface area contributed by atoms with Gasteiger partial charge in [0.25, 0.3) is 0 Å². The number of nitrogens with zero attached hydrogens (tertiary/aromatic N) is 1. The van der Waals surface area contributed by atoms with Crippen molar-refractivity contribution in [2.24, 2.45) is 5.92 Å². The summed E-state index contributed by atoms with van der Waals surface area (Å²) in [6.45, 7) is 0. The van der Waals surface area contributed by atoms with E-state index < -0.39 is 12.1 Å². The van der Waals surface area contributed by atoms with Crippen LogP contribution in [0.3, 0.4) is 0 Å². The number of rotatable bonds is 2. The molecule has 20 heavy (non-hydrogen) atoms. The Bertz CT molecular complexity index is 325. The molecule has 1 aliphatic carbocycles. The molecule has 0 radical (unpaired) electrons. The van der Waals surface area contributed by atoms with Crippen LogP contribution in [0.1, 0.15) is 51.4 Å². The molecule has 0 aromatic rings. The summed E-state index contributed by atoms with van der Waals surface area (Å²) in [6.07, 6.45) is 2.95. The standard InChI is InChI=1S/C15H25F3N2/c1-20(14-8-11-4-5-12(9-14)19-11)13-6-2-10(3-7-13)15(16,17)18/h10-14,19H,2-9H2,1H3. The van der Waals surface area contributed by atoms with E-state index in [0.29, 0.717) is 49.9 Å². The summed E-state index contributed by atoms with van der Waals surface area (Å²) in [5, 5.41) is 3.63. The van der Waals surface area contributed by atoms with Crippen LogP contribution in [-0.2, 0) is 0 Å². The molecule has 2 unspecified atom stereocenters. The lowest BCUT2D eigenvalue weighted by Crippen LogP contribution is -2.51. The Kier molecular flexibility index (Phi) is 4.01. The predicted molar refractivity (Wildman–Crippen MR) is 72.5 cm³/mol. The van der Waals surface area contributed by atoms with Crippen LogP contribution in [0.15, 0.2) is 0 Å². The van der Waals surface area contributed by atoms with Crippen LogP contribution in [0.25, 0.3) is 0 Å². The van der Waals surface area contributed by atoms with Crippen molar-refractivity contribution < 1.29 is 13.2 Å². The summed E-state index contributed by atoms with van der Waals surface area (Å²) < 4.78 is 38.1. The molecular weight excluding hydrogens is 265 g/mol. The van der Waals surface area contributed by atoms with Gasteiger partial charge in [0.05, 0.1) is 5.92 Å². The molecule has 3 fully saturated rings. The minimum atomic E-state index is -3.99. The van der Waals surface area contributed by atoms with Crippen molar-refractivity contribution >= 4 is 0 Å². The molecule has 2 nitrogen and oxygen atoms in total. The van der Waals surface area contributed by atoms with Gasteiger partial charge in [0.2, 0.25) is 0 Å². The van der Waals surface area contributed by atoms with Crippen LogP contribution < -0.4 is 5.32 Å². The fourth-order valence-corrected chi connectivity index (χ4v) is 4.47. The van der Waals surface area contributed by atoms with Crippen molar-refractivity contribution in [3.8, 4) is 0 Å². The topological polar surface area (TPSA) is 15.3 Å². The molecule has 2 aliphatic heterocycles. The third-order valence-corrected chi connectivity index (χ3v) is 5.76. The lowest BCUT2D eigenvalue weighted by atomic mass is 9.84. The Hall–Kier alpha value is -0.290. The normalized spacial score (nSPS) is 42.1. The molecule has 3 rings (SSSR count). The second-order valence-electron chi connectivity index (χ2n) is 6.98. The first-order chi connectivity index (χ1) is 9.43. The van der Waals surface area contributed by atoms with E-state index in [9.17, 15) is 13.2 Å². The highest BCUT2D eigenvalue weighted by molar-refractivity contribution is 4.96. The Morgan fingerprint density at radius 2 is 1.40 bits per heavy atom. The van der Waals surface area contributed by atoms with E-state index in [1.54, 1.807) is 0 Å². The molecule has 0 aromatic heterocycles. The third kappa shape index (κ3) is 2.98. The fourth-order valence-electron chi connectivity index (χ4n) is 4.47. The first-order valence-electron chi connectivity index (χ1n) is 7.98. The quantitative estimate of drug-likeness (QED) is 0.839. The zero-order valence-electron chi connectivity index (χ0n) is 12.1. The monoisotopic (exact) mass is 290 g/mol. The number of hydrogen-bond acceptors (Lipinski definition) is 2. The van der Waals surface area contributed by atoms with Crippen molar-refractivity contribution in [1.82, 2.24) is 10.2 Å².